The third kappa shape index (κ3) is 2.60. The molecule has 2 rings (SSSR count). The zero-order valence-corrected chi connectivity index (χ0v) is 11.6. The largest absolute Gasteiger partial charge is 0.502 e. The molecular weight excluding hydrogens is 286 g/mol. The van der Waals surface area contributed by atoms with E-state index in [9.17, 15) is 23.6 Å². The molecule has 0 saturated carbocycles. The second-order valence-electron chi connectivity index (χ2n) is 4.54. The highest BCUT2D eigenvalue weighted by Crippen LogP contribution is 2.30. The van der Waals surface area contributed by atoms with Crippen LogP contribution in [0.15, 0.2) is 23.1 Å². The number of benzene rings is 1. The molecule has 1 aromatic rings. The van der Waals surface area contributed by atoms with Crippen molar-refractivity contribution < 1.29 is 18.4 Å². The minimum atomic E-state index is -3.78. The van der Waals surface area contributed by atoms with Gasteiger partial charge in [0.05, 0.1) is 9.82 Å². The molecular formula is C11H15N3O5S. The lowest BCUT2D eigenvalue weighted by atomic mass is 10.3. The van der Waals surface area contributed by atoms with Crippen molar-refractivity contribution in [3.63, 3.8) is 0 Å². The molecule has 1 unspecified atom stereocenters. The van der Waals surface area contributed by atoms with Crippen LogP contribution in [0, 0.1) is 10.1 Å². The molecule has 1 aliphatic rings. The summed E-state index contributed by atoms with van der Waals surface area (Å²) in [4.78, 5) is 9.76. The van der Waals surface area contributed by atoms with Gasteiger partial charge in [0.25, 0.3) is 0 Å². The number of phenolic OH excluding ortho intramolecular Hbond substituents is 1. The molecule has 20 heavy (non-hydrogen) atoms. The molecule has 1 aliphatic heterocycles. The molecule has 0 aromatic heterocycles. The SMILES string of the molecule is CNC1CCN(S(=O)(=O)c2ccc(O)c([N+](=O)[O-])c2)C1. The minimum absolute atomic E-state index is 0.0804. The average Bonchev–Trinajstić information content (AvgIpc) is 2.88. The summed E-state index contributed by atoms with van der Waals surface area (Å²) in [7, 11) is -2.02. The van der Waals surface area contributed by atoms with E-state index in [0.29, 0.717) is 19.5 Å². The summed E-state index contributed by atoms with van der Waals surface area (Å²) in [5.74, 6) is -0.552. The van der Waals surface area contributed by atoms with Gasteiger partial charge in [-0.25, -0.2) is 8.42 Å². The molecule has 1 aromatic carbocycles. The molecule has 1 heterocycles. The first kappa shape index (κ1) is 14.7. The molecule has 0 radical (unpaired) electrons. The summed E-state index contributed by atoms with van der Waals surface area (Å²) in [6.45, 7) is 0.690. The molecule has 8 nitrogen and oxygen atoms in total. The first-order valence-electron chi connectivity index (χ1n) is 6.01. The Morgan fingerprint density at radius 3 is 2.75 bits per heavy atom. The van der Waals surface area contributed by atoms with Crippen LogP contribution in [-0.4, -0.2) is 48.9 Å². The van der Waals surface area contributed by atoms with Gasteiger partial charge in [-0.05, 0) is 25.6 Å². The van der Waals surface area contributed by atoms with Gasteiger partial charge in [-0.2, -0.15) is 4.31 Å². The van der Waals surface area contributed by atoms with Crippen LogP contribution in [0.4, 0.5) is 5.69 Å². The van der Waals surface area contributed by atoms with Gasteiger partial charge in [-0.3, -0.25) is 10.1 Å². The quantitative estimate of drug-likeness (QED) is 0.610. The number of hydrogen-bond acceptors (Lipinski definition) is 6. The van der Waals surface area contributed by atoms with Crippen molar-refractivity contribution in [2.75, 3.05) is 20.1 Å². The van der Waals surface area contributed by atoms with E-state index in [1.165, 1.54) is 10.4 Å². The number of hydrogen-bond donors (Lipinski definition) is 2. The number of nitrogens with zero attached hydrogens (tertiary/aromatic N) is 2. The van der Waals surface area contributed by atoms with Crippen LogP contribution in [0.5, 0.6) is 5.75 Å². The summed E-state index contributed by atoms with van der Waals surface area (Å²) in [5, 5.41) is 23.1. The number of nitro groups is 1. The molecule has 110 valence electrons. The smallest absolute Gasteiger partial charge is 0.312 e. The zero-order valence-electron chi connectivity index (χ0n) is 10.8. The Balaban J connectivity index is 2.35. The highest BCUT2D eigenvalue weighted by molar-refractivity contribution is 7.89. The summed E-state index contributed by atoms with van der Waals surface area (Å²) in [5.41, 5.74) is -0.615. The van der Waals surface area contributed by atoms with Crippen LogP contribution in [0.1, 0.15) is 6.42 Å². The van der Waals surface area contributed by atoms with E-state index < -0.39 is 26.4 Å². The minimum Gasteiger partial charge on any atom is -0.502 e. The molecule has 1 saturated heterocycles. The predicted molar refractivity (Wildman–Crippen MR) is 71.0 cm³/mol. The number of likely N-dealkylation sites (N-methyl/N-ethyl adjacent to an activating group) is 1. The van der Waals surface area contributed by atoms with Crippen molar-refractivity contribution in [1.82, 2.24) is 9.62 Å². The fraction of sp³-hybridized carbons (Fsp3) is 0.455. The lowest BCUT2D eigenvalue weighted by molar-refractivity contribution is -0.386. The Bertz CT molecular complexity index is 631. The second-order valence-corrected chi connectivity index (χ2v) is 6.48. The van der Waals surface area contributed by atoms with Gasteiger partial charge in [-0.1, -0.05) is 0 Å². The molecule has 0 amide bonds. The van der Waals surface area contributed by atoms with Gasteiger partial charge in [0.15, 0.2) is 5.75 Å². The summed E-state index contributed by atoms with van der Waals surface area (Å²) in [6.07, 6.45) is 0.690. The van der Waals surface area contributed by atoms with Crippen molar-refractivity contribution in [2.24, 2.45) is 0 Å². The van der Waals surface area contributed by atoms with Crippen LogP contribution in [-0.2, 0) is 10.0 Å². The third-order valence-corrected chi connectivity index (χ3v) is 5.20. The molecule has 2 N–H and O–H groups in total. The van der Waals surface area contributed by atoms with Crippen molar-refractivity contribution in [2.45, 2.75) is 17.4 Å². The van der Waals surface area contributed by atoms with Gasteiger partial charge in [0.1, 0.15) is 0 Å². The van der Waals surface area contributed by atoms with Crippen LogP contribution in [0.25, 0.3) is 0 Å². The van der Waals surface area contributed by atoms with Crippen molar-refractivity contribution in [3.8, 4) is 5.75 Å². The fourth-order valence-corrected chi connectivity index (χ4v) is 3.66. The Labute approximate surface area is 116 Å². The molecule has 0 bridgehead atoms. The average molecular weight is 301 g/mol. The van der Waals surface area contributed by atoms with Gasteiger partial charge in [-0.15, -0.1) is 0 Å². The summed E-state index contributed by atoms with van der Waals surface area (Å²) >= 11 is 0. The topological polar surface area (TPSA) is 113 Å². The van der Waals surface area contributed by atoms with Crippen molar-refractivity contribution in [3.05, 3.63) is 28.3 Å². The van der Waals surface area contributed by atoms with Gasteiger partial charge in [0.2, 0.25) is 10.0 Å². The summed E-state index contributed by atoms with van der Waals surface area (Å²) in [6, 6.07) is 3.16. The Morgan fingerprint density at radius 2 is 2.20 bits per heavy atom. The van der Waals surface area contributed by atoms with Gasteiger partial charge >= 0.3 is 5.69 Å². The number of aromatic hydroxyl groups is 1. The van der Waals surface area contributed by atoms with Crippen LogP contribution in [0.2, 0.25) is 0 Å². The van der Waals surface area contributed by atoms with Crippen LogP contribution < -0.4 is 5.32 Å². The number of phenols is 1. The van der Waals surface area contributed by atoms with Crippen LogP contribution in [0.3, 0.4) is 0 Å². The van der Waals surface area contributed by atoms with E-state index in [-0.39, 0.29) is 10.9 Å². The number of sulfonamides is 1. The van der Waals surface area contributed by atoms with E-state index in [1.54, 1.807) is 7.05 Å². The number of nitrogens with one attached hydrogen (secondary N) is 1. The first-order valence-corrected chi connectivity index (χ1v) is 7.45. The maximum absolute atomic E-state index is 12.4. The second kappa shape index (κ2) is 5.35. The Morgan fingerprint density at radius 1 is 1.50 bits per heavy atom. The normalized spacial score (nSPS) is 20.1. The van der Waals surface area contributed by atoms with E-state index in [4.69, 9.17) is 0 Å². The van der Waals surface area contributed by atoms with Gasteiger partial charge in [0, 0.05) is 25.2 Å². The highest BCUT2D eigenvalue weighted by Gasteiger charge is 2.33. The zero-order chi connectivity index (χ0) is 14.9. The Kier molecular flexibility index (Phi) is 3.93. The maximum Gasteiger partial charge on any atom is 0.312 e. The summed E-state index contributed by atoms with van der Waals surface area (Å²) < 4.78 is 26.0. The van der Waals surface area contributed by atoms with E-state index in [0.717, 1.165) is 12.1 Å². The lowest BCUT2D eigenvalue weighted by Gasteiger charge is -2.16. The number of nitro benzene ring substituents is 1. The van der Waals surface area contributed by atoms with E-state index >= 15 is 0 Å². The van der Waals surface area contributed by atoms with E-state index in [2.05, 4.69) is 5.32 Å². The first-order chi connectivity index (χ1) is 9.36. The third-order valence-electron chi connectivity index (χ3n) is 3.34. The fourth-order valence-electron chi connectivity index (χ4n) is 2.14. The van der Waals surface area contributed by atoms with Crippen molar-refractivity contribution >= 4 is 15.7 Å². The molecule has 1 fully saturated rings. The van der Waals surface area contributed by atoms with Crippen molar-refractivity contribution in [1.29, 1.82) is 0 Å². The monoisotopic (exact) mass is 301 g/mol. The van der Waals surface area contributed by atoms with Crippen LogP contribution >= 0.6 is 0 Å². The molecule has 0 spiro atoms. The Hall–Kier alpha value is -1.71. The predicted octanol–water partition coefficient (Wildman–Crippen LogP) is 0.283. The van der Waals surface area contributed by atoms with E-state index in [1.807, 2.05) is 0 Å². The highest BCUT2D eigenvalue weighted by atomic mass is 32.2. The number of rotatable bonds is 4. The lowest BCUT2D eigenvalue weighted by Crippen LogP contribution is -2.33. The molecule has 0 aliphatic carbocycles. The van der Waals surface area contributed by atoms with Gasteiger partial charge < -0.3 is 10.4 Å². The molecule has 1 atom stereocenters. The standard InChI is InChI=1S/C11H15N3O5S/c1-12-8-4-5-13(7-8)20(18,19)9-2-3-11(15)10(6-9)14(16)17/h2-3,6,8,12,15H,4-5,7H2,1H3. The molecule has 9 heteroatoms. The maximum atomic E-state index is 12.4.